The number of hydrogen-bond acceptors (Lipinski definition) is 1. The van der Waals surface area contributed by atoms with Crippen LogP contribution in [0.5, 0.6) is 0 Å². The highest BCUT2D eigenvalue weighted by Gasteiger charge is 2.09. The highest BCUT2D eigenvalue weighted by Crippen LogP contribution is 2.10. The van der Waals surface area contributed by atoms with E-state index in [0.29, 0.717) is 12.1 Å². The van der Waals surface area contributed by atoms with Crippen LogP contribution in [0.25, 0.3) is 0 Å². The summed E-state index contributed by atoms with van der Waals surface area (Å²) in [5.74, 6) is 0.837. The van der Waals surface area contributed by atoms with Crippen LogP contribution in [-0.2, 0) is 0 Å². The lowest BCUT2D eigenvalue weighted by atomic mass is 9.99. The van der Waals surface area contributed by atoms with Gasteiger partial charge in [0.05, 0.1) is 0 Å². The molecule has 1 N–H and O–H groups in total. The van der Waals surface area contributed by atoms with Crippen LogP contribution in [-0.4, -0.2) is 12.1 Å². The van der Waals surface area contributed by atoms with Gasteiger partial charge in [0.15, 0.2) is 0 Å². The van der Waals surface area contributed by atoms with Crippen molar-refractivity contribution >= 4 is 0 Å². The summed E-state index contributed by atoms with van der Waals surface area (Å²) in [6.07, 6.45) is 6.89. The third-order valence-corrected chi connectivity index (χ3v) is 2.83. The Bertz CT molecular complexity index is 142. The summed E-state index contributed by atoms with van der Waals surface area (Å²) >= 11 is 0. The van der Waals surface area contributed by atoms with Crippen molar-refractivity contribution in [1.29, 1.82) is 0 Å². The maximum Gasteiger partial charge on any atom is 0.00441 e. The lowest BCUT2D eigenvalue weighted by molar-refractivity contribution is 0.374. The molecule has 0 amide bonds. The monoisotopic (exact) mass is 197 g/mol. The van der Waals surface area contributed by atoms with E-state index >= 15 is 0 Å². The molecular weight excluding hydrogens is 170 g/mol. The Kier molecular flexibility index (Phi) is 7.87. The van der Waals surface area contributed by atoms with E-state index < -0.39 is 0 Å². The third kappa shape index (κ3) is 7.14. The molecule has 0 aliphatic carbocycles. The van der Waals surface area contributed by atoms with Crippen molar-refractivity contribution in [3.63, 3.8) is 0 Å². The van der Waals surface area contributed by atoms with Crippen molar-refractivity contribution in [3.8, 4) is 0 Å². The molecule has 84 valence electrons. The molecule has 0 rings (SSSR count). The van der Waals surface area contributed by atoms with E-state index in [2.05, 4.69) is 39.6 Å². The minimum absolute atomic E-state index is 0.618. The van der Waals surface area contributed by atoms with Gasteiger partial charge in [-0.15, -0.1) is 6.58 Å². The number of hydrogen-bond donors (Lipinski definition) is 1. The minimum Gasteiger partial charge on any atom is -0.312 e. The van der Waals surface area contributed by atoms with Gasteiger partial charge >= 0.3 is 0 Å². The Morgan fingerprint density at radius 2 is 1.86 bits per heavy atom. The Hall–Kier alpha value is -0.300. The molecule has 0 saturated carbocycles. The predicted octanol–water partition coefficient (Wildman–Crippen LogP) is 3.76. The van der Waals surface area contributed by atoms with Crippen LogP contribution in [0.2, 0.25) is 0 Å². The smallest absolute Gasteiger partial charge is 0.00441 e. The molecule has 0 saturated heterocycles. The van der Waals surface area contributed by atoms with E-state index in [1.807, 2.05) is 6.08 Å². The number of nitrogens with one attached hydrogen (secondary N) is 1. The summed E-state index contributed by atoms with van der Waals surface area (Å²) in [4.78, 5) is 0. The molecule has 0 aromatic heterocycles. The average Bonchev–Trinajstić information content (AvgIpc) is 2.14. The molecular formula is C13H27N. The normalized spacial score (nSPS) is 17.4. The summed E-state index contributed by atoms with van der Waals surface area (Å²) in [5, 5.41) is 3.63. The second-order valence-corrected chi connectivity index (χ2v) is 4.58. The Morgan fingerprint density at radius 3 is 2.36 bits per heavy atom. The fraction of sp³-hybridized carbons (Fsp3) is 0.846. The van der Waals surface area contributed by atoms with Crippen molar-refractivity contribution < 1.29 is 0 Å². The first-order valence-electron chi connectivity index (χ1n) is 5.97. The zero-order chi connectivity index (χ0) is 11.0. The summed E-state index contributed by atoms with van der Waals surface area (Å²) in [5.41, 5.74) is 0. The second kappa shape index (κ2) is 8.05. The summed E-state index contributed by atoms with van der Waals surface area (Å²) in [7, 11) is 0. The molecule has 1 nitrogen and oxygen atoms in total. The first-order valence-corrected chi connectivity index (χ1v) is 5.97. The van der Waals surface area contributed by atoms with Crippen LogP contribution < -0.4 is 5.32 Å². The Labute approximate surface area is 90.0 Å². The fourth-order valence-corrected chi connectivity index (χ4v) is 1.78. The van der Waals surface area contributed by atoms with Gasteiger partial charge in [-0.1, -0.05) is 26.3 Å². The Morgan fingerprint density at radius 1 is 1.21 bits per heavy atom. The molecule has 0 radical (unpaired) electrons. The van der Waals surface area contributed by atoms with E-state index in [1.165, 1.54) is 19.3 Å². The van der Waals surface area contributed by atoms with Crippen LogP contribution in [0, 0.1) is 5.92 Å². The maximum absolute atomic E-state index is 3.75. The molecule has 0 aliphatic heterocycles. The summed E-state index contributed by atoms with van der Waals surface area (Å²) < 4.78 is 0. The van der Waals surface area contributed by atoms with Crippen LogP contribution in [0.4, 0.5) is 0 Å². The molecule has 3 atom stereocenters. The van der Waals surface area contributed by atoms with E-state index in [-0.39, 0.29) is 0 Å². The minimum atomic E-state index is 0.618. The molecule has 0 aromatic rings. The summed E-state index contributed by atoms with van der Waals surface area (Å²) in [6, 6.07) is 1.26. The van der Waals surface area contributed by atoms with Gasteiger partial charge in [-0.3, -0.25) is 0 Å². The molecule has 3 unspecified atom stereocenters. The van der Waals surface area contributed by atoms with Gasteiger partial charge in [0.1, 0.15) is 0 Å². The highest BCUT2D eigenvalue weighted by atomic mass is 14.9. The van der Waals surface area contributed by atoms with E-state index in [0.717, 1.165) is 12.3 Å². The molecule has 0 bridgehead atoms. The van der Waals surface area contributed by atoms with Gasteiger partial charge in [0, 0.05) is 12.1 Å². The molecule has 0 aliphatic rings. The Balaban J connectivity index is 3.58. The fourth-order valence-electron chi connectivity index (χ4n) is 1.78. The molecule has 0 spiro atoms. The maximum atomic E-state index is 3.75. The van der Waals surface area contributed by atoms with Gasteiger partial charge in [-0.05, 0) is 39.0 Å². The lowest BCUT2D eigenvalue weighted by Gasteiger charge is -2.22. The first-order chi connectivity index (χ1) is 6.60. The molecule has 14 heavy (non-hydrogen) atoms. The average molecular weight is 197 g/mol. The summed E-state index contributed by atoms with van der Waals surface area (Å²) in [6.45, 7) is 12.9. The lowest BCUT2D eigenvalue weighted by Crippen LogP contribution is -2.35. The first kappa shape index (κ1) is 13.7. The van der Waals surface area contributed by atoms with Crippen LogP contribution in [0.3, 0.4) is 0 Å². The van der Waals surface area contributed by atoms with Gasteiger partial charge in [0.2, 0.25) is 0 Å². The number of allylic oxidation sites excluding steroid dienone is 1. The second-order valence-electron chi connectivity index (χ2n) is 4.58. The highest BCUT2D eigenvalue weighted by molar-refractivity contribution is 4.74. The molecule has 0 fully saturated rings. The van der Waals surface area contributed by atoms with E-state index in [1.54, 1.807) is 0 Å². The SMILES string of the molecule is C=CCCC(C)NC(C)CC(C)CC. The standard InChI is InChI=1S/C13H27N/c1-6-8-9-12(4)14-13(5)10-11(3)7-2/h6,11-14H,1,7-10H2,2-5H3. The van der Waals surface area contributed by atoms with Crippen molar-refractivity contribution in [2.24, 2.45) is 5.92 Å². The van der Waals surface area contributed by atoms with E-state index in [4.69, 9.17) is 0 Å². The van der Waals surface area contributed by atoms with Crippen molar-refractivity contribution in [2.45, 2.75) is 65.5 Å². The zero-order valence-electron chi connectivity index (χ0n) is 10.3. The topological polar surface area (TPSA) is 12.0 Å². The van der Waals surface area contributed by atoms with E-state index in [9.17, 15) is 0 Å². The molecule has 0 heterocycles. The van der Waals surface area contributed by atoms with Crippen molar-refractivity contribution in [1.82, 2.24) is 5.32 Å². The third-order valence-electron chi connectivity index (χ3n) is 2.83. The van der Waals surface area contributed by atoms with Gasteiger partial charge in [-0.25, -0.2) is 0 Å². The van der Waals surface area contributed by atoms with Crippen molar-refractivity contribution in [2.75, 3.05) is 0 Å². The van der Waals surface area contributed by atoms with Gasteiger partial charge < -0.3 is 5.32 Å². The van der Waals surface area contributed by atoms with Crippen LogP contribution in [0.15, 0.2) is 12.7 Å². The predicted molar refractivity (Wildman–Crippen MR) is 65.6 cm³/mol. The zero-order valence-corrected chi connectivity index (χ0v) is 10.3. The molecule has 0 aromatic carbocycles. The quantitative estimate of drug-likeness (QED) is 0.584. The van der Waals surface area contributed by atoms with Gasteiger partial charge in [0.25, 0.3) is 0 Å². The van der Waals surface area contributed by atoms with Gasteiger partial charge in [-0.2, -0.15) is 0 Å². The molecule has 1 heteroatoms. The van der Waals surface area contributed by atoms with Crippen LogP contribution in [0.1, 0.15) is 53.4 Å². The van der Waals surface area contributed by atoms with Crippen LogP contribution >= 0.6 is 0 Å². The van der Waals surface area contributed by atoms with Crippen molar-refractivity contribution in [3.05, 3.63) is 12.7 Å². The largest absolute Gasteiger partial charge is 0.312 e. The number of rotatable bonds is 8.